The summed E-state index contributed by atoms with van der Waals surface area (Å²) in [4.78, 5) is 12.4. The van der Waals surface area contributed by atoms with Crippen molar-refractivity contribution >= 4 is 21.6 Å². The highest BCUT2D eigenvalue weighted by atomic mass is 32.2. The Kier molecular flexibility index (Phi) is 5.74. The molecule has 1 amide bonds. The number of fused-ring (bicyclic) bond motifs is 1. The minimum Gasteiger partial charge on any atom is -0.468 e. The maximum Gasteiger partial charge on any atom is 0.271 e. The number of hydrazone groups is 1. The van der Waals surface area contributed by atoms with Crippen molar-refractivity contribution in [2.45, 2.75) is 18.4 Å². The molecule has 3 aromatic rings. The second-order valence-electron chi connectivity index (χ2n) is 6.63. The molecule has 0 atom stereocenters. The van der Waals surface area contributed by atoms with Crippen LogP contribution in [-0.2, 0) is 16.6 Å². The van der Waals surface area contributed by atoms with Crippen LogP contribution in [0.2, 0.25) is 0 Å². The first-order valence-corrected chi connectivity index (χ1v) is 10.8. The first-order valence-electron chi connectivity index (χ1n) is 9.29. The summed E-state index contributed by atoms with van der Waals surface area (Å²) in [5.74, 6) is 1.20. The largest absolute Gasteiger partial charge is 0.468 e. The summed E-state index contributed by atoms with van der Waals surface area (Å²) >= 11 is 0. The van der Waals surface area contributed by atoms with Crippen molar-refractivity contribution in [3.8, 4) is 11.5 Å². The monoisotopic (exact) mass is 441 g/mol. The molecule has 0 saturated heterocycles. The Morgan fingerprint density at radius 3 is 2.52 bits per heavy atom. The minimum absolute atomic E-state index is 0.0590. The zero-order valence-corrected chi connectivity index (χ0v) is 17.3. The Hall–Kier alpha value is -3.63. The summed E-state index contributed by atoms with van der Waals surface area (Å²) in [5.41, 5.74) is 4.04. The number of sulfonamides is 1. The predicted octanol–water partition coefficient (Wildman–Crippen LogP) is 2.64. The molecule has 160 valence electrons. The van der Waals surface area contributed by atoms with Crippen molar-refractivity contribution in [3.05, 3.63) is 77.7 Å². The number of benzene rings is 2. The van der Waals surface area contributed by atoms with Crippen LogP contribution in [0.5, 0.6) is 11.5 Å². The normalized spacial score (nSPS) is 13.3. The fourth-order valence-corrected chi connectivity index (χ4v) is 3.83. The second-order valence-corrected chi connectivity index (χ2v) is 8.40. The lowest BCUT2D eigenvalue weighted by atomic mass is 10.1. The molecule has 4 rings (SSSR count). The number of rotatable bonds is 7. The number of amides is 1. The van der Waals surface area contributed by atoms with Gasteiger partial charge in [-0.05, 0) is 55.0 Å². The molecule has 0 bridgehead atoms. The maximum absolute atomic E-state index is 12.4. The van der Waals surface area contributed by atoms with Gasteiger partial charge in [0.2, 0.25) is 16.8 Å². The minimum atomic E-state index is -3.69. The maximum atomic E-state index is 12.4. The van der Waals surface area contributed by atoms with Crippen LogP contribution in [0.4, 0.5) is 0 Å². The summed E-state index contributed by atoms with van der Waals surface area (Å²) in [6, 6.07) is 14.4. The average Bonchev–Trinajstić information content (AvgIpc) is 3.47. The van der Waals surface area contributed by atoms with E-state index in [1.165, 1.54) is 18.4 Å². The van der Waals surface area contributed by atoms with Crippen LogP contribution in [0.3, 0.4) is 0 Å². The summed E-state index contributed by atoms with van der Waals surface area (Å²) in [5, 5.41) is 4.09. The van der Waals surface area contributed by atoms with E-state index in [4.69, 9.17) is 13.9 Å². The SMILES string of the molecule is C/C(=N\NC(=O)c1ccc2c(c1)OCO2)c1ccc(S(=O)(=O)NCc2ccco2)cc1. The van der Waals surface area contributed by atoms with Crippen molar-refractivity contribution in [3.63, 3.8) is 0 Å². The van der Waals surface area contributed by atoms with Gasteiger partial charge in [-0.2, -0.15) is 5.10 Å². The molecule has 0 fully saturated rings. The Morgan fingerprint density at radius 1 is 1.03 bits per heavy atom. The number of nitrogens with one attached hydrogen (secondary N) is 2. The number of hydrogen-bond acceptors (Lipinski definition) is 7. The zero-order valence-electron chi connectivity index (χ0n) is 16.5. The zero-order chi connectivity index (χ0) is 21.8. The van der Waals surface area contributed by atoms with Crippen LogP contribution >= 0.6 is 0 Å². The lowest BCUT2D eigenvalue weighted by molar-refractivity contribution is 0.0954. The molecular weight excluding hydrogens is 422 g/mol. The van der Waals surface area contributed by atoms with Crippen LogP contribution in [0.25, 0.3) is 0 Å². The van der Waals surface area contributed by atoms with Gasteiger partial charge in [0.05, 0.1) is 23.4 Å². The standard InChI is InChI=1S/C21H19N3O6S/c1-14(23-24-21(25)16-6-9-19-20(11-16)30-13-29-19)15-4-7-18(8-5-15)31(26,27)22-12-17-3-2-10-28-17/h2-11,22H,12-13H2,1H3,(H,24,25)/b23-14+. The highest BCUT2D eigenvalue weighted by molar-refractivity contribution is 7.89. The first kappa shape index (κ1) is 20.6. The van der Waals surface area contributed by atoms with Gasteiger partial charge >= 0.3 is 0 Å². The molecule has 2 heterocycles. The molecule has 31 heavy (non-hydrogen) atoms. The van der Waals surface area contributed by atoms with Crippen LogP contribution in [-0.4, -0.2) is 26.8 Å². The molecule has 0 radical (unpaired) electrons. The molecule has 0 spiro atoms. The average molecular weight is 441 g/mol. The smallest absolute Gasteiger partial charge is 0.271 e. The molecule has 2 N–H and O–H groups in total. The van der Waals surface area contributed by atoms with E-state index in [9.17, 15) is 13.2 Å². The lowest BCUT2D eigenvalue weighted by Crippen LogP contribution is -2.23. The van der Waals surface area contributed by atoms with E-state index in [1.54, 1.807) is 49.4 Å². The van der Waals surface area contributed by atoms with Crippen molar-refractivity contribution in [2.75, 3.05) is 6.79 Å². The fraction of sp³-hybridized carbons (Fsp3) is 0.143. The second kappa shape index (κ2) is 8.62. The molecule has 9 nitrogen and oxygen atoms in total. The van der Waals surface area contributed by atoms with Gasteiger partial charge in [-0.15, -0.1) is 0 Å². The Balaban J connectivity index is 1.39. The van der Waals surface area contributed by atoms with Gasteiger partial charge < -0.3 is 13.9 Å². The number of hydrogen-bond donors (Lipinski definition) is 2. The van der Waals surface area contributed by atoms with E-state index < -0.39 is 15.9 Å². The highest BCUT2D eigenvalue weighted by Gasteiger charge is 2.17. The highest BCUT2D eigenvalue weighted by Crippen LogP contribution is 2.32. The van der Waals surface area contributed by atoms with Gasteiger partial charge in [0.1, 0.15) is 5.76 Å². The number of carbonyl (C=O) groups is 1. The van der Waals surface area contributed by atoms with Crippen LogP contribution in [0, 0.1) is 0 Å². The molecular formula is C21H19N3O6S. The third-order valence-corrected chi connectivity index (χ3v) is 5.98. The van der Waals surface area contributed by atoms with Gasteiger partial charge in [0, 0.05) is 5.56 Å². The number of nitrogens with zero attached hydrogens (tertiary/aromatic N) is 1. The molecule has 10 heteroatoms. The number of carbonyl (C=O) groups excluding carboxylic acids is 1. The van der Waals surface area contributed by atoms with Gasteiger partial charge in [-0.25, -0.2) is 18.6 Å². The van der Waals surface area contributed by atoms with Gasteiger partial charge in [-0.3, -0.25) is 4.79 Å². The van der Waals surface area contributed by atoms with Crippen molar-refractivity contribution in [2.24, 2.45) is 5.10 Å². The van der Waals surface area contributed by atoms with Crippen molar-refractivity contribution < 1.29 is 27.1 Å². The Morgan fingerprint density at radius 2 is 1.77 bits per heavy atom. The van der Waals surface area contributed by atoms with E-state index >= 15 is 0 Å². The summed E-state index contributed by atoms with van der Waals surface area (Å²) in [6.45, 7) is 1.89. The summed E-state index contributed by atoms with van der Waals surface area (Å²) < 4.78 is 42.9. The summed E-state index contributed by atoms with van der Waals surface area (Å²) in [7, 11) is -3.69. The van der Waals surface area contributed by atoms with E-state index in [0.29, 0.717) is 34.1 Å². The summed E-state index contributed by atoms with van der Waals surface area (Å²) in [6.07, 6.45) is 1.48. The van der Waals surface area contributed by atoms with E-state index in [1.807, 2.05) is 0 Å². The van der Waals surface area contributed by atoms with Gasteiger partial charge in [0.15, 0.2) is 11.5 Å². The molecule has 0 saturated carbocycles. The van der Waals surface area contributed by atoms with E-state index in [-0.39, 0.29) is 18.2 Å². The lowest BCUT2D eigenvalue weighted by Gasteiger charge is -2.07. The third-order valence-electron chi connectivity index (χ3n) is 4.56. The van der Waals surface area contributed by atoms with Gasteiger partial charge in [0.25, 0.3) is 5.91 Å². The molecule has 1 aromatic heterocycles. The fourth-order valence-electron chi connectivity index (χ4n) is 2.84. The molecule has 0 aliphatic carbocycles. The van der Waals surface area contributed by atoms with Crippen LogP contribution in [0.15, 0.2) is 75.3 Å². The van der Waals surface area contributed by atoms with Gasteiger partial charge in [-0.1, -0.05) is 12.1 Å². The quantitative estimate of drug-likeness (QED) is 0.430. The predicted molar refractivity (Wildman–Crippen MR) is 111 cm³/mol. The van der Waals surface area contributed by atoms with E-state index in [2.05, 4.69) is 15.2 Å². The van der Waals surface area contributed by atoms with Crippen LogP contribution < -0.4 is 19.6 Å². The number of furan rings is 1. The molecule has 0 unspecified atom stereocenters. The third kappa shape index (κ3) is 4.76. The topological polar surface area (TPSA) is 119 Å². The van der Waals surface area contributed by atoms with E-state index in [0.717, 1.165) is 0 Å². The van der Waals surface area contributed by atoms with Crippen molar-refractivity contribution in [1.82, 2.24) is 10.1 Å². The first-order chi connectivity index (χ1) is 14.9. The Labute approximate surface area is 178 Å². The van der Waals surface area contributed by atoms with Crippen LogP contribution in [0.1, 0.15) is 28.6 Å². The van der Waals surface area contributed by atoms with Crippen molar-refractivity contribution in [1.29, 1.82) is 0 Å². The molecule has 1 aliphatic heterocycles. The Bertz CT molecular complexity index is 1220. The molecule has 1 aliphatic rings. The molecule has 2 aromatic carbocycles. The number of ether oxygens (including phenoxy) is 2.